The molecule has 0 aliphatic heterocycles. The SMILES string of the molecule is C#Cc1cc(OC)c(-n2c(=O)cc(C(F)(F)F)n(C)c2=O)cc1F. The van der Waals surface area contributed by atoms with E-state index in [9.17, 15) is 27.2 Å². The van der Waals surface area contributed by atoms with Gasteiger partial charge in [0.25, 0.3) is 5.56 Å². The first-order valence-corrected chi connectivity index (χ1v) is 6.36. The van der Waals surface area contributed by atoms with Crippen LogP contribution in [-0.2, 0) is 13.2 Å². The molecule has 0 fully saturated rings. The molecule has 1 aromatic carbocycles. The molecule has 1 heterocycles. The topological polar surface area (TPSA) is 53.2 Å². The number of terminal acetylenes is 1. The van der Waals surface area contributed by atoms with E-state index in [1.807, 2.05) is 5.92 Å². The summed E-state index contributed by atoms with van der Waals surface area (Å²) in [6, 6.07) is 2.06. The van der Waals surface area contributed by atoms with Gasteiger partial charge in [-0.05, 0) is 0 Å². The lowest BCUT2D eigenvalue weighted by atomic mass is 10.1. The molecule has 9 heteroatoms. The largest absolute Gasteiger partial charge is 0.495 e. The van der Waals surface area contributed by atoms with Gasteiger partial charge in [0.15, 0.2) is 0 Å². The van der Waals surface area contributed by atoms with Gasteiger partial charge in [0, 0.05) is 25.2 Å². The molecule has 0 spiro atoms. The lowest BCUT2D eigenvalue weighted by Gasteiger charge is -2.15. The van der Waals surface area contributed by atoms with Gasteiger partial charge in [-0.2, -0.15) is 13.2 Å². The van der Waals surface area contributed by atoms with E-state index >= 15 is 0 Å². The molecule has 24 heavy (non-hydrogen) atoms. The monoisotopic (exact) mass is 342 g/mol. The molecule has 0 saturated carbocycles. The summed E-state index contributed by atoms with van der Waals surface area (Å²) < 4.78 is 58.0. The van der Waals surface area contributed by atoms with E-state index in [0.29, 0.717) is 4.57 Å². The molecule has 0 N–H and O–H groups in total. The first kappa shape index (κ1) is 17.3. The molecule has 0 saturated heterocycles. The summed E-state index contributed by atoms with van der Waals surface area (Å²) in [5.74, 6) is 0.979. The Kier molecular flexibility index (Phi) is 4.25. The predicted octanol–water partition coefficient (Wildman–Crippen LogP) is 1.68. The van der Waals surface area contributed by atoms with Gasteiger partial charge < -0.3 is 4.74 Å². The number of nitrogens with zero attached hydrogens (tertiary/aromatic N) is 2. The van der Waals surface area contributed by atoms with Crippen molar-refractivity contribution in [2.75, 3.05) is 7.11 Å². The molecule has 2 rings (SSSR count). The number of benzene rings is 1. The highest BCUT2D eigenvalue weighted by Gasteiger charge is 2.35. The van der Waals surface area contributed by atoms with Crippen LogP contribution >= 0.6 is 0 Å². The van der Waals surface area contributed by atoms with Gasteiger partial charge in [-0.1, -0.05) is 5.92 Å². The van der Waals surface area contributed by atoms with Crippen molar-refractivity contribution in [1.82, 2.24) is 9.13 Å². The maximum absolute atomic E-state index is 13.9. The summed E-state index contributed by atoms with van der Waals surface area (Å²) in [6.07, 6.45) is 0.216. The first-order valence-electron chi connectivity index (χ1n) is 6.36. The Hall–Kier alpha value is -3.02. The van der Waals surface area contributed by atoms with Crippen LogP contribution in [0.15, 0.2) is 27.8 Å². The number of halogens is 4. The Bertz CT molecular complexity index is 965. The van der Waals surface area contributed by atoms with Gasteiger partial charge in [-0.3, -0.25) is 9.36 Å². The average Bonchev–Trinajstić information content (AvgIpc) is 2.50. The molecule has 0 aliphatic carbocycles. The van der Waals surface area contributed by atoms with Crippen LogP contribution in [0.1, 0.15) is 11.3 Å². The number of ether oxygens (including phenoxy) is 1. The van der Waals surface area contributed by atoms with Crippen molar-refractivity contribution in [3.05, 3.63) is 56.1 Å². The molecular weight excluding hydrogens is 332 g/mol. The van der Waals surface area contributed by atoms with E-state index in [1.54, 1.807) is 0 Å². The fourth-order valence-electron chi connectivity index (χ4n) is 2.11. The van der Waals surface area contributed by atoms with Crippen LogP contribution in [-0.4, -0.2) is 16.2 Å². The van der Waals surface area contributed by atoms with Gasteiger partial charge in [-0.15, -0.1) is 6.42 Å². The standard InChI is InChI=1S/C15H10F4N2O3/c1-4-8-5-11(24-3)10(6-9(8)16)21-13(22)7-12(15(17,18)19)20(2)14(21)23/h1,5-7H,2-3H3. The average molecular weight is 342 g/mol. The smallest absolute Gasteiger partial charge is 0.431 e. The van der Waals surface area contributed by atoms with Crippen molar-refractivity contribution in [3.63, 3.8) is 0 Å². The summed E-state index contributed by atoms with van der Waals surface area (Å²) in [7, 11) is 2.02. The van der Waals surface area contributed by atoms with Crippen molar-refractivity contribution in [1.29, 1.82) is 0 Å². The molecule has 0 radical (unpaired) electrons. The van der Waals surface area contributed by atoms with Crippen LogP contribution in [0.2, 0.25) is 0 Å². The zero-order valence-corrected chi connectivity index (χ0v) is 12.4. The fraction of sp³-hybridized carbons (Fsp3) is 0.200. The Morgan fingerprint density at radius 3 is 2.33 bits per heavy atom. The molecule has 0 unspecified atom stereocenters. The molecule has 1 aromatic heterocycles. The first-order chi connectivity index (χ1) is 11.1. The third-order valence-corrected chi connectivity index (χ3v) is 3.28. The summed E-state index contributed by atoms with van der Waals surface area (Å²) in [4.78, 5) is 24.2. The minimum atomic E-state index is -4.89. The van der Waals surface area contributed by atoms with Crippen LogP contribution in [0.4, 0.5) is 17.6 Å². The van der Waals surface area contributed by atoms with Gasteiger partial charge in [0.05, 0.1) is 18.4 Å². The lowest BCUT2D eigenvalue weighted by Crippen LogP contribution is -2.40. The Morgan fingerprint density at radius 2 is 1.83 bits per heavy atom. The summed E-state index contributed by atoms with van der Waals surface area (Å²) in [6.45, 7) is 0. The normalized spacial score (nSPS) is 11.2. The Labute approximate surface area is 132 Å². The predicted molar refractivity (Wildman–Crippen MR) is 76.7 cm³/mol. The van der Waals surface area contributed by atoms with E-state index in [1.165, 1.54) is 7.11 Å². The van der Waals surface area contributed by atoms with Crippen molar-refractivity contribution in [2.45, 2.75) is 6.18 Å². The molecule has 0 amide bonds. The van der Waals surface area contributed by atoms with Crippen LogP contribution in [0.5, 0.6) is 5.75 Å². The highest BCUT2D eigenvalue weighted by atomic mass is 19.4. The van der Waals surface area contributed by atoms with Crippen LogP contribution in [0.25, 0.3) is 5.69 Å². The van der Waals surface area contributed by atoms with Crippen LogP contribution in [0.3, 0.4) is 0 Å². The van der Waals surface area contributed by atoms with Crippen LogP contribution in [0, 0.1) is 18.2 Å². The van der Waals surface area contributed by atoms with Crippen molar-refractivity contribution >= 4 is 0 Å². The van der Waals surface area contributed by atoms with Crippen molar-refractivity contribution < 1.29 is 22.3 Å². The van der Waals surface area contributed by atoms with E-state index in [0.717, 1.165) is 19.2 Å². The van der Waals surface area contributed by atoms with Crippen molar-refractivity contribution in [2.24, 2.45) is 7.05 Å². The highest BCUT2D eigenvalue weighted by molar-refractivity contribution is 5.53. The molecular formula is C15H10F4N2O3. The quantitative estimate of drug-likeness (QED) is 0.616. The number of methoxy groups -OCH3 is 1. The number of aromatic nitrogens is 2. The van der Waals surface area contributed by atoms with Crippen molar-refractivity contribution in [3.8, 4) is 23.8 Å². The fourth-order valence-corrected chi connectivity index (χ4v) is 2.11. The lowest BCUT2D eigenvalue weighted by molar-refractivity contribution is -0.144. The number of hydrogen-bond acceptors (Lipinski definition) is 3. The van der Waals surface area contributed by atoms with Gasteiger partial charge >= 0.3 is 11.9 Å². The molecule has 0 bridgehead atoms. The van der Waals surface area contributed by atoms with E-state index in [4.69, 9.17) is 11.2 Å². The minimum absolute atomic E-state index is 0.136. The maximum atomic E-state index is 13.9. The molecule has 0 aliphatic rings. The second kappa shape index (κ2) is 5.88. The van der Waals surface area contributed by atoms with Gasteiger partial charge in [0.2, 0.25) is 0 Å². The third kappa shape index (κ3) is 2.78. The van der Waals surface area contributed by atoms with E-state index < -0.39 is 28.9 Å². The maximum Gasteiger partial charge on any atom is 0.431 e. The number of alkyl halides is 3. The van der Waals surface area contributed by atoms with E-state index in [2.05, 4.69) is 0 Å². The number of hydrogen-bond donors (Lipinski definition) is 0. The van der Waals surface area contributed by atoms with Gasteiger partial charge in [-0.25, -0.2) is 13.8 Å². The summed E-state index contributed by atoms with van der Waals surface area (Å²) in [5, 5.41) is 0. The van der Waals surface area contributed by atoms with Gasteiger partial charge in [0.1, 0.15) is 17.3 Å². The highest BCUT2D eigenvalue weighted by Crippen LogP contribution is 2.28. The number of rotatable bonds is 2. The molecule has 5 nitrogen and oxygen atoms in total. The van der Waals surface area contributed by atoms with E-state index in [-0.39, 0.29) is 27.6 Å². The molecule has 126 valence electrons. The summed E-state index contributed by atoms with van der Waals surface area (Å²) >= 11 is 0. The zero-order valence-electron chi connectivity index (χ0n) is 12.4. The second-order valence-corrected chi connectivity index (χ2v) is 4.69. The Balaban J connectivity index is 2.88. The zero-order chi connectivity index (χ0) is 18.2. The molecule has 2 aromatic rings. The summed E-state index contributed by atoms with van der Waals surface area (Å²) in [5.41, 5.74) is -4.55. The molecule has 0 atom stereocenters. The third-order valence-electron chi connectivity index (χ3n) is 3.28. The second-order valence-electron chi connectivity index (χ2n) is 4.69. The Morgan fingerprint density at radius 1 is 1.21 bits per heavy atom. The van der Waals surface area contributed by atoms with Crippen LogP contribution < -0.4 is 16.0 Å². The minimum Gasteiger partial charge on any atom is -0.495 e.